The zero-order chi connectivity index (χ0) is 32.5. The molecule has 3 N–H and O–H groups in total. The largest absolute Gasteiger partial charge is 0.465 e. The number of nitrogens with one attached hydrogen (secondary N) is 2. The van der Waals surface area contributed by atoms with Gasteiger partial charge in [-0.2, -0.15) is 0 Å². The van der Waals surface area contributed by atoms with E-state index in [0.717, 1.165) is 42.7 Å². The first kappa shape index (κ1) is 33.6. The van der Waals surface area contributed by atoms with E-state index in [-0.39, 0.29) is 37.9 Å². The number of carbonyl (C=O) groups excluding carboxylic acids is 2. The molecule has 0 unspecified atom stereocenters. The van der Waals surface area contributed by atoms with Crippen LogP contribution < -0.4 is 10.6 Å². The SMILES string of the molecule is CCOC(=O)CNC(=O)NCc1cccc(-c2ccc([C@@H]3O[C@H](CSc4nnc(C)s4)[C@H](C)[C@H](c4ccc(CO)cc4)O3)cc2)c1. The monoisotopic (exact) mass is 662 g/mol. The number of urea groups is 1. The van der Waals surface area contributed by atoms with Crippen molar-refractivity contribution in [3.05, 3.63) is 100 Å². The third-order valence-electron chi connectivity index (χ3n) is 7.60. The van der Waals surface area contributed by atoms with Gasteiger partial charge in [0, 0.05) is 23.8 Å². The van der Waals surface area contributed by atoms with Gasteiger partial charge >= 0.3 is 12.0 Å². The topological polar surface area (TPSA) is 132 Å². The number of aliphatic hydroxyl groups is 1. The number of carbonyl (C=O) groups is 2. The van der Waals surface area contributed by atoms with Gasteiger partial charge in [0.25, 0.3) is 0 Å². The van der Waals surface area contributed by atoms with Crippen LogP contribution in [0, 0.1) is 12.8 Å². The number of esters is 1. The van der Waals surface area contributed by atoms with Gasteiger partial charge < -0.3 is 30.0 Å². The van der Waals surface area contributed by atoms with Gasteiger partial charge in [0.2, 0.25) is 0 Å². The van der Waals surface area contributed by atoms with Crippen molar-refractivity contribution in [1.29, 1.82) is 0 Å². The maximum atomic E-state index is 12.1. The first-order valence-electron chi connectivity index (χ1n) is 15.1. The van der Waals surface area contributed by atoms with Gasteiger partial charge in [0.05, 0.1) is 25.4 Å². The lowest BCUT2D eigenvalue weighted by molar-refractivity contribution is -0.268. The number of ether oxygens (including phenoxy) is 3. The van der Waals surface area contributed by atoms with Crippen molar-refractivity contribution in [2.24, 2.45) is 5.92 Å². The van der Waals surface area contributed by atoms with Crippen molar-refractivity contribution in [3.8, 4) is 11.1 Å². The molecule has 2 heterocycles. The summed E-state index contributed by atoms with van der Waals surface area (Å²) in [6.07, 6.45) is -0.876. The highest BCUT2D eigenvalue weighted by Crippen LogP contribution is 2.43. The molecule has 0 saturated carbocycles. The van der Waals surface area contributed by atoms with Crippen LogP contribution in [0.3, 0.4) is 0 Å². The minimum absolute atomic E-state index is 0.00809. The minimum Gasteiger partial charge on any atom is -0.465 e. The molecule has 242 valence electrons. The second kappa shape index (κ2) is 16.1. The number of rotatable bonds is 12. The summed E-state index contributed by atoms with van der Waals surface area (Å²) in [6, 6.07) is 23.5. The first-order chi connectivity index (χ1) is 22.3. The highest BCUT2D eigenvalue weighted by Gasteiger charge is 2.38. The smallest absolute Gasteiger partial charge is 0.325 e. The van der Waals surface area contributed by atoms with Crippen LogP contribution in [0.1, 0.15) is 53.5 Å². The lowest BCUT2D eigenvalue weighted by Crippen LogP contribution is -2.38. The maximum Gasteiger partial charge on any atom is 0.325 e. The van der Waals surface area contributed by atoms with Gasteiger partial charge in [-0.25, -0.2) is 4.79 Å². The first-order valence-corrected chi connectivity index (χ1v) is 16.9. The molecule has 1 saturated heterocycles. The van der Waals surface area contributed by atoms with E-state index >= 15 is 0 Å². The standard InChI is InChI=1S/C34H38N4O6S2/c1-4-42-30(40)18-36-33(41)35-17-24-6-5-7-28(16-24)25-12-14-27(15-13-25)32-43-29(20-45-34-38-37-22(3)46-34)21(2)31(44-32)26-10-8-23(19-39)9-11-26/h5-16,21,29,31-32,39H,4,17-20H2,1-3H3,(H2,35,36,41)/t21-,29+,31+,32+/m0/s1. The molecule has 5 rings (SSSR count). The van der Waals surface area contributed by atoms with E-state index in [1.165, 1.54) is 0 Å². The Morgan fingerprint density at radius 1 is 0.957 bits per heavy atom. The van der Waals surface area contributed by atoms with Gasteiger partial charge in [-0.15, -0.1) is 10.2 Å². The van der Waals surface area contributed by atoms with Gasteiger partial charge in [-0.1, -0.05) is 96.8 Å². The molecular formula is C34H38N4O6S2. The number of aryl methyl sites for hydroxylation is 1. The van der Waals surface area contributed by atoms with Crippen LogP contribution >= 0.6 is 23.1 Å². The molecule has 0 aliphatic carbocycles. The number of hydrogen-bond donors (Lipinski definition) is 3. The average molecular weight is 663 g/mol. The molecule has 3 aromatic carbocycles. The molecule has 12 heteroatoms. The van der Waals surface area contributed by atoms with Crippen molar-refractivity contribution >= 4 is 35.1 Å². The maximum absolute atomic E-state index is 12.1. The second-order valence-corrected chi connectivity index (χ2v) is 13.3. The number of aromatic nitrogens is 2. The fourth-order valence-electron chi connectivity index (χ4n) is 5.10. The van der Waals surface area contributed by atoms with E-state index in [2.05, 4.69) is 27.8 Å². The summed E-state index contributed by atoms with van der Waals surface area (Å²) in [4.78, 5) is 23.6. The molecule has 1 aliphatic rings. The van der Waals surface area contributed by atoms with Crippen LogP contribution in [0.5, 0.6) is 0 Å². The summed E-state index contributed by atoms with van der Waals surface area (Å²) in [5.74, 6) is 0.299. The Labute approximate surface area is 276 Å². The number of nitrogens with zero attached hydrogens (tertiary/aromatic N) is 2. The van der Waals surface area contributed by atoms with Crippen molar-refractivity contribution in [1.82, 2.24) is 20.8 Å². The third-order valence-corrected chi connectivity index (χ3v) is 9.66. The summed E-state index contributed by atoms with van der Waals surface area (Å²) in [6.45, 7) is 6.19. The Balaban J connectivity index is 1.27. The van der Waals surface area contributed by atoms with Gasteiger partial charge in [-0.3, -0.25) is 4.79 Å². The van der Waals surface area contributed by atoms with Gasteiger partial charge in [-0.05, 0) is 47.7 Å². The quantitative estimate of drug-likeness (QED) is 0.124. The third kappa shape index (κ3) is 8.92. The van der Waals surface area contributed by atoms with E-state index in [1.54, 1.807) is 30.0 Å². The van der Waals surface area contributed by atoms with E-state index in [4.69, 9.17) is 14.2 Å². The minimum atomic E-state index is -0.571. The van der Waals surface area contributed by atoms with E-state index < -0.39 is 18.3 Å². The van der Waals surface area contributed by atoms with Crippen LogP contribution in [-0.4, -0.2) is 52.3 Å². The molecule has 1 fully saturated rings. The average Bonchev–Trinajstić information content (AvgIpc) is 3.51. The Bertz CT molecular complexity index is 1600. The lowest BCUT2D eigenvalue weighted by Gasteiger charge is -2.41. The summed E-state index contributed by atoms with van der Waals surface area (Å²) >= 11 is 3.22. The van der Waals surface area contributed by atoms with Gasteiger partial charge in [0.15, 0.2) is 10.6 Å². The number of amides is 2. The van der Waals surface area contributed by atoms with Crippen molar-refractivity contribution in [2.75, 3.05) is 18.9 Å². The molecule has 46 heavy (non-hydrogen) atoms. The number of benzene rings is 3. The van der Waals surface area contributed by atoms with Crippen LogP contribution in [-0.2, 0) is 32.2 Å². The summed E-state index contributed by atoms with van der Waals surface area (Å²) in [5, 5.41) is 24.1. The molecule has 0 bridgehead atoms. The summed E-state index contributed by atoms with van der Waals surface area (Å²) in [5.41, 5.74) is 5.73. The van der Waals surface area contributed by atoms with E-state index in [1.807, 2.05) is 79.7 Å². The lowest BCUT2D eigenvalue weighted by atomic mass is 9.91. The van der Waals surface area contributed by atoms with Crippen LogP contribution in [0.15, 0.2) is 77.1 Å². The zero-order valence-electron chi connectivity index (χ0n) is 26.0. The molecule has 0 radical (unpaired) electrons. The molecule has 4 atom stereocenters. The summed E-state index contributed by atoms with van der Waals surface area (Å²) in [7, 11) is 0. The van der Waals surface area contributed by atoms with E-state index in [9.17, 15) is 14.7 Å². The number of thioether (sulfide) groups is 1. The fraction of sp³-hybridized carbons (Fsp3) is 0.353. The normalized spacial score (nSPS) is 19.4. The Kier molecular flexibility index (Phi) is 11.8. The van der Waals surface area contributed by atoms with Crippen LogP contribution in [0.4, 0.5) is 4.79 Å². The Morgan fingerprint density at radius 3 is 2.41 bits per heavy atom. The van der Waals surface area contributed by atoms with E-state index in [0.29, 0.717) is 12.3 Å². The van der Waals surface area contributed by atoms with Gasteiger partial charge in [0.1, 0.15) is 11.6 Å². The Hall–Kier alpha value is -3.81. The molecule has 1 aromatic heterocycles. The van der Waals surface area contributed by atoms with Crippen molar-refractivity contribution in [2.45, 2.75) is 56.8 Å². The predicted octanol–water partition coefficient (Wildman–Crippen LogP) is 5.95. The molecule has 4 aromatic rings. The summed E-state index contributed by atoms with van der Waals surface area (Å²) < 4.78 is 18.9. The zero-order valence-corrected chi connectivity index (χ0v) is 27.6. The van der Waals surface area contributed by atoms with Crippen LogP contribution in [0.25, 0.3) is 11.1 Å². The molecule has 0 spiro atoms. The highest BCUT2D eigenvalue weighted by molar-refractivity contribution is 8.01. The number of aliphatic hydroxyl groups excluding tert-OH is 1. The predicted molar refractivity (Wildman–Crippen MR) is 177 cm³/mol. The second-order valence-electron chi connectivity index (χ2n) is 10.9. The van der Waals surface area contributed by atoms with Crippen LogP contribution in [0.2, 0.25) is 0 Å². The molecule has 1 aliphatic heterocycles. The Morgan fingerprint density at radius 2 is 1.72 bits per heavy atom. The molecule has 2 amide bonds. The highest BCUT2D eigenvalue weighted by atomic mass is 32.2. The molecular weight excluding hydrogens is 625 g/mol. The van der Waals surface area contributed by atoms with Crippen molar-refractivity contribution < 1.29 is 28.9 Å². The van der Waals surface area contributed by atoms with Crippen molar-refractivity contribution in [3.63, 3.8) is 0 Å². The molecule has 10 nitrogen and oxygen atoms in total. The number of hydrogen-bond acceptors (Lipinski definition) is 10. The fourth-order valence-corrected chi connectivity index (χ4v) is 7.11.